The highest BCUT2D eigenvalue weighted by molar-refractivity contribution is 6.08. The summed E-state index contributed by atoms with van der Waals surface area (Å²) in [5.41, 5.74) is -9.95. The highest BCUT2D eigenvalue weighted by Crippen LogP contribution is 2.45. The molecule has 5 nitrogen and oxygen atoms in total. The zero-order valence-corrected chi connectivity index (χ0v) is 37.4. The standard InChI is InChI=1S/C63H54N2O3/c1-41-33-50(64(46-23-27-53(28-24-46)66-52-19-12-9-13-20-52)49-25-30-55-56-36-44(62(2,3)4)22-31-58(56)68-61(55)40-49)38-51(34-41)65(47-18-14-17-43(35-47)42-15-10-8-11-16-42)48-26-32-59-57(39-48)54-29-21-45(63(5,6)7)37-60(54)67-59/h8-40H,1-7H3/i8D,9D,10D,11D,12D,13D,14D,15D,16D,17D,18D,19D,20D,21D,22D,23D,24D,25D,26D,27D,28D,29D,30D,31D,32D,35D,36D,37D,39D,40D. The molecule has 2 heterocycles. The molecule has 334 valence electrons. The molecule has 0 spiro atoms. The van der Waals surface area contributed by atoms with E-state index in [1.807, 2.05) is 0 Å². The lowest BCUT2D eigenvalue weighted by Crippen LogP contribution is -2.14. The van der Waals surface area contributed by atoms with Crippen molar-refractivity contribution in [3.8, 4) is 22.6 Å². The Labute approximate surface area is 440 Å². The second-order valence-electron chi connectivity index (χ2n) is 17.6. The van der Waals surface area contributed by atoms with Gasteiger partial charge in [0.15, 0.2) is 0 Å². The first-order valence-electron chi connectivity index (χ1n) is 36.0. The zero-order chi connectivity index (χ0) is 72.8. The van der Waals surface area contributed by atoms with Gasteiger partial charge in [-0.1, -0.05) is 120 Å². The van der Waals surface area contributed by atoms with Crippen LogP contribution in [0.25, 0.3) is 55.0 Å². The SMILES string of the molecule is [2H]c1c([2H])c([2H])c(Oc2c([2H])c([2H])c(N(c3cc(C)cc(N(c4c([2H])c([2H])c([2H])c(-c5c([2H])c([2H])c([2H])c([2H])c5[2H])c4[2H])c4c([2H])c([2H])c5oc6c([2H])c(C(C)(C)C)c([2H])c([2H])c6c5c4[2H])c3)c3c([2H])c([2H])c4c(oc5c([2H])c([2H])c(C(C)(C)C)c([2H])c54)c3[2H])c([2H])c2[2H])c([2H])c1[2H]. The molecule has 9 aromatic carbocycles. The summed E-state index contributed by atoms with van der Waals surface area (Å²) >= 11 is 0. The van der Waals surface area contributed by atoms with Crippen molar-refractivity contribution < 1.29 is 54.7 Å². The van der Waals surface area contributed by atoms with Gasteiger partial charge in [-0.3, -0.25) is 0 Å². The number of para-hydroxylation sites is 1. The summed E-state index contributed by atoms with van der Waals surface area (Å²) in [4.78, 5) is 1.54. The van der Waals surface area contributed by atoms with Crippen LogP contribution in [0.3, 0.4) is 0 Å². The molecule has 0 bridgehead atoms. The van der Waals surface area contributed by atoms with Crippen LogP contribution in [0, 0.1) is 6.92 Å². The lowest BCUT2D eigenvalue weighted by Gasteiger charge is -2.30. The minimum Gasteiger partial charge on any atom is -0.457 e. The molecule has 0 saturated carbocycles. The van der Waals surface area contributed by atoms with E-state index in [1.54, 1.807) is 41.5 Å². The Morgan fingerprint density at radius 3 is 1.57 bits per heavy atom. The number of hydrogen-bond donors (Lipinski definition) is 0. The second kappa shape index (κ2) is 16.7. The molecule has 0 radical (unpaired) electrons. The van der Waals surface area contributed by atoms with Crippen LogP contribution in [0.1, 0.15) is 99.4 Å². The van der Waals surface area contributed by atoms with Gasteiger partial charge in [0, 0.05) is 61.7 Å². The average molecular weight is 917 g/mol. The molecule has 0 aliphatic heterocycles. The first kappa shape index (κ1) is 20.9. The molecule has 0 aliphatic carbocycles. The number of nitrogens with zero attached hydrogens (tertiary/aromatic N) is 2. The van der Waals surface area contributed by atoms with E-state index in [-0.39, 0.29) is 44.5 Å². The fourth-order valence-corrected chi connectivity index (χ4v) is 7.27. The Hall–Kier alpha value is -8.02. The molecule has 0 N–H and O–H groups in total. The predicted molar refractivity (Wildman–Crippen MR) is 284 cm³/mol. The molecule has 0 unspecified atom stereocenters. The minimum absolute atomic E-state index is 0.0141. The number of hydrogen-bond acceptors (Lipinski definition) is 5. The van der Waals surface area contributed by atoms with Crippen molar-refractivity contribution in [3.05, 3.63) is 216 Å². The van der Waals surface area contributed by atoms with Crippen molar-refractivity contribution in [2.24, 2.45) is 0 Å². The van der Waals surface area contributed by atoms with Crippen molar-refractivity contribution in [2.45, 2.75) is 59.3 Å². The Morgan fingerprint density at radius 2 is 0.882 bits per heavy atom. The van der Waals surface area contributed by atoms with Crippen molar-refractivity contribution in [1.29, 1.82) is 0 Å². The topological polar surface area (TPSA) is 42.0 Å². The lowest BCUT2D eigenvalue weighted by molar-refractivity contribution is 0.483. The van der Waals surface area contributed by atoms with E-state index >= 15 is 0 Å². The highest BCUT2D eigenvalue weighted by atomic mass is 16.5. The van der Waals surface area contributed by atoms with E-state index in [0.717, 1.165) is 15.9 Å². The quantitative estimate of drug-likeness (QED) is 0.144. The summed E-state index contributed by atoms with van der Waals surface area (Å²) in [5, 5.41) is -1.45. The van der Waals surface area contributed by atoms with Gasteiger partial charge in [0.2, 0.25) is 0 Å². The normalized spacial score (nSPS) is 18.2. The van der Waals surface area contributed by atoms with Crippen LogP contribution in [0.2, 0.25) is 0 Å². The first-order valence-corrected chi connectivity index (χ1v) is 21.0. The molecule has 0 amide bonds. The average Bonchev–Trinajstić information content (AvgIpc) is 1.65. The Kier molecular flexibility index (Phi) is 5.12. The van der Waals surface area contributed by atoms with E-state index in [1.165, 1.54) is 19.1 Å². The zero-order valence-electron chi connectivity index (χ0n) is 67.4. The Bertz CT molecular complexity index is 5350. The largest absolute Gasteiger partial charge is 0.457 e. The van der Waals surface area contributed by atoms with E-state index in [2.05, 4.69) is 0 Å². The Balaban J connectivity index is 1.32. The van der Waals surface area contributed by atoms with Crippen LogP contribution in [0.5, 0.6) is 11.5 Å². The second-order valence-corrected chi connectivity index (χ2v) is 17.6. The van der Waals surface area contributed by atoms with Gasteiger partial charge >= 0.3 is 0 Å². The van der Waals surface area contributed by atoms with Gasteiger partial charge in [0.1, 0.15) is 33.8 Å². The number of fused-ring (bicyclic) bond motifs is 6. The monoisotopic (exact) mass is 917 g/mol. The van der Waals surface area contributed by atoms with Gasteiger partial charge in [0.05, 0.1) is 41.1 Å². The van der Waals surface area contributed by atoms with Crippen LogP contribution in [-0.2, 0) is 10.8 Å². The molecule has 0 fully saturated rings. The van der Waals surface area contributed by atoms with Gasteiger partial charge < -0.3 is 23.4 Å². The van der Waals surface area contributed by atoms with Crippen molar-refractivity contribution in [1.82, 2.24) is 0 Å². The summed E-state index contributed by atoms with van der Waals surface area (Å²) in [6.45, 7) is 11.4. The molecular weight excluding hydrogens is 833 g/mol. The summed E-state index contributed by atoms with van der Waals surface area (Å²) in [6.07, 6.45) is 0. The van der Waals surface area contributed by atoms with Gasteiger partial charge in [-0.25, -0.2) is 0 Å². The molecule has 5 heteroatoms. The van der Waals surface area contributed by atoms with Gasteiger partial charge in [-0.15, -0.1) is 0 Å². The third kappa shape index (κ3) is 8.15. The maximum Gasteiger partial charge on any atom is 0.137 e. The summed E-state index contributed by atoms with van der Waals surface area (Å²) in [5.74, 6) is -1.93. The molecule has 0 aliphatic rings. The van der Waals surface area contributed by atoms with Crippen LogP contribution in [-0.4, -0.2) is 0 Å². The third-order valence-electron chi connectivity index (χ3n) is 10.6. The summed E-state index contributed by atoms with van der Waals surface area (Å²) in [7, 11) is 0. The fourth-order valence-electron chi connectivity index (χ4n) is 7.27. The van der Waals surface area contributed by atoms with E-state index in [9.17, 15) is 24.7 Å². The third-order valence-corrected chi connectivity index (χ3v) is 10.6. The molecular formula is C63H54N2O3. The molecule has 0 atom stereocenters. The molecule has 68 heavy (non-hydrogen) atoms. The van der Waals surface area contributed by atoms with Gasteiger partial charge in [0.25, 0.3) is 0 Å². The van der Waals surface area contributed by atoms with Crippen LogP contribution in [0.4, 0.5) is 34.1 Å². The van der Waals surface area contributed by atoms with Crippen LogP contribution in [0.15, 0.2) is 208 Å². The fraction of sp³-hybridized carbons (Fsp3) is 0.143. The minimum atomic E-state index is -1.12. The van der Waals surface area contributed by atoms with Gasteiger partial charge in [-0.2, -0.15) is 0 Å². The number of benzene rings is 9. The maximum atomic E-state index is 10.2. The predicted octanol–water partition coefficient (Wildman–Crippen LogP) is 18.8. The lowest BCUT2D eigenvalue weighted by atomic mass is 9.86. The van der Waals surface area contributed by atoms with Crippen molar-refractivity contribution in [2.75, 3.05) is 9.80 Å². The van der Waals surface area contributed by atoms with Crippen LogP contribution < -0.4 is 14.5 Å². The van der Waals surface area contributed by atoms with E-state index in [4.69, 9.17) is 30.0 Å². The molecule has 2 aromatic heterocycles. The Morgan fingerprint density at radius 1 is 0.382 bits per heavy atom. The van der Waals surface area contributed by atoms with Crippen molar-refractivity contribution >= 4 is 78.0 Å². The molecule has 11 aromatic rings. The van der Waals surface area contributed by atoms with Gasteiger partial charge in [-0.05, 0) is 160 Å². The maximum absolute atomic E-state index is 10.2. The summed E-state index contributed by atoms with van der Waals surface area (Å²) in [6, 6.07) is -22.7. The number of anilines is 6. The smallest absolute Gasteiger partial charge is 0.137 e. The number of rotatable bonds is 9. The first-order chi connectivity index (χ1) is 45.4. The van der Waals surface area contributed by atoms with Crippen LogP contribution >= 0.6 is 0 Å². The van der Waals surface area contributed by atoms with E-state index < -0.39 is 265 Å². The highest BCUT2D eigenvalue weighted by Gasteiger charge is 2.23. The summed E-state index contributed by atoms with van der Waals surface area (Å²) < 4.78 is 295. The molecule has 0 saturated heterocycles. The number of aryl methyl sites for hydroxylation is 1. The number of furan rings is 2. The van der Waals surface area contributed by atoms with Crippen molar-refractivity contribution in [3.63, 3.8) is 0 Å². The van der Waals surface area contributed by atoms with E-state index in [0.29, 0.717) is 0 Å². The molecule has 11 rings (SSSR count). The number of ether oxygens (including phenoxy) is 1.